The van der Waals surface area contributed by atoms with Crippen LogP contribution in [-0.2, 0) is 9.53 Å². The highest BCUT2D eigenvalue weighted by atomic mass is 16.5. The average molecular weight is 312 g/mol. The quantitative estimate of drug-likeness (QED) is 0.881. The molecule has 1 aromatic heterocycles. The van der Waals surface area contributed by atoms with E-state index in [1.54, 1.807) is 12.4 Å². The van der Waals surface area contributed by atoms with Crippen LogP contribution in [0.5, 0.6) is 0 Å². The summed E-state index contributed by atoms with van der Waals surface area (Å²) in [6.07, 6.45) is 5.28. The van der Waals surface area contributed by atoms with Crippen LogP contribution in [0.3, 0.4) is 0 Å². The highest BCUT2D eigenvalue weighted by molar-refractivity contribution is 5.91. The van der Waals surface area contributed by atoms with Gasteiger partial charge in [0, 0.05) is 5.56 Å². The lowest BCUT2D eigenvalue weighted by molar-refractivity contribution is -0.123. The lowest BCUT2D eigenvalue weighted by Crippen LogP contribution is -2.34. The summed E-state index contributed by atoms with van der Waals surface area (Å²) in [6, 6.07) is 9.71. The van der Waals surface area contributed by atoms with Gasteiger partial charge in [-0.15, -0.1) is 0 Å². The first-order valence-electron chi connectivity index (χ1n) is 7.81. The van der Waals surface area contributed by atoms with Crippen LogP contribution in [0.25, 0.3) is 11.4 Å². The van der Waals surface area contributed by atoms with Crippen molar-refractivity contribution >= 4 is 11.6 Å². The van der Waals surface area contributed by atoms with Crippen LogP contribution in [0, 0.1) is 0 Å². The molecule has 0 aliphatic carbocycles. The van der Waals surface area contributed by atoms with E-state index in [9.17, 15) is 4.79 Å². The maximum Gasteiger partial charge on any atom is 0.250 e. The normalized spacial score (nSPS) is 15.3. The van der Waals surface area contributed by atoms with Crippen molar-refractivity contribution in [3.8, 4) is 11.4 Å². The first kappa shape index (κ1) is 15.6. The van der Waals surface area contributed by atoms with Crippen molar-refractivity contribution in [2.45, 2.75) is 18.9 Å². The number of nitrogens with one attached hydrogen (secondary N) is 2. The molecular weight excluding hydrogens is 292 g/mol. The number of nitrogens with zero attached hydrogens (tertiary/aromatic N) is 2. The first-order chi connectivity index (χ1) is 11.3. The Morgan fingerprint density at radius 1 is 1.17 bits per heavy atom. The van der Waals surface area contributed by atoms with Gasteiger partial charge in [-0.3, -0.25) is 4.79 Å². The number of hydrogen-bond acceptors (Lipinski definition) is 5. The molecule has 6 heteroatoms. The third-order valence-corrected chi connectivity index (χ3v) is 3.70. The SMILES string of the molecule is O=C(COC1CCNCC1)Nc1cnc(-c2ccccc2)nc1. The van der Waals surface area contributed by atoms with Gasteiger partial charge in [0.1, 0.15) is 6.61 Å². The summed E-state index contributed by atoms with van der Waals surface area (Å²) in [5.41, 5.74) is 1.52. The summed E-state index contributed by atoms with van der Waals surface area (Å²) >= 11 is 0. The highest BCUT2D eigenvalue weighted by Crippen LogP contribution is 2.14. The molecule has 0 spiro atoms. The molecule has 120 valence electrons. The molecule has 1 aromatic carbocycles. The Morgan fingerprint density at radius 3 is 2.57 bits per heavy atom. The highest BCUT2D eigenvalue weighted by Gasteiger charge is 2.15. The van der Waals surface area contributed by atoms with Crippen molar-refractivity contribution in [1.29, 1.82) is 0 Å². The fraction of sp³-hybridized carbons (Fsp3) is 0.353. The summed E-state index contributed by atoms with van der Waals surface area (Å²) in [5, 5.41) is 6.02. The molecule has 1 saturated heterocycles. The second kappa shape index (κ2) is 7.80. The largest absolute Gasteiger partial charge is 0.368 e. The molecule has 0 bridgehead atoms. The number of amides is 1. The van der Waals surface area contributed by atoms with Gasteiger partial charge in [0.2, 0.25) is 5.91 Å². The Kier molecular flexibility index (Phi) is 5.29. The van der Waals surface area contributed by atoms with E-state index < -0.39 is 0 Å². The van der Waals surface area contributed by atoms with Gasteiger partial charge in [-0.2, -0.15) is 0 Å². The molecule has 23 heavy (non-hydrogen) atoms. The van der Waals surface area contributed by atoms with E-state index in [1.807, 2.05) is 30.3 Å². The first-order valence-corrected chi connectivity index (χ1v) is 7.81. The predicted octanol–water partition coefficient (Wildman–Crippen LogP) is 1.85. The van der Waals surface area contributed by atoms with Gasteiger partial charge in [-0.05, 0) is 25.9 Å². The number of rotatable bonds is 5. The third kappa shape index (κ3) is 4.58. The van der Waals surface area contributed by atoms with Crippen molar-refractivity contribution in [2.75, 3.05) is 25.0 Å². The Balaban J connectivity index is 1.50. The van der Waals surface area contributed by atoms with Gasteiger partial charge < -0.3 is 15.4 Å². The molecule has 6 nitrogen and oxygen atoms in total. The van der Waals surface area contributed by atoms with Crippen LogP contribution < -0.4 is 10.6 Å². The minimum Gasteiger partial charge on any atom is -0.368 e. The molecule has 2 aromatic rings. The van der Waals surface area contributed by atoms with Crippen molar-refractivity contribution < 1.29 is 9.53 Å². The van der Waals surface area contributed by atoms with Crippen molar-refractivity contribution in [3.05, 3.63) is 42.7 Å². The number of benzene rings is 1. The molecule has 3 rings (SSSR count). The standard InChI is InChI=1S/C17H20N4O2/c22-16(12-23-15-6-8-18-9-7-15)21-14-10-19-17(20-11-14)13-4-2-1-3-5-13/h1-5,10-11,15,18H,6-9,12H2,(H,21,22). The number of carbonyl (C=O) groups is 1. The number of hydrogen-bond donors (Lipinski definition) is 2. The van der Waals surface area contributed by atoms with E-state index in [2.05, 4.69) is 20.6 Å². The zero-order valence-electron chi connectivity index (χ0n) is 12.9. The summed E-state index contributed by atoms with van der Waals surface area (Å²) in [7, 11) is 0. The van der Waals surface area contributed by atoms with Gasteiger partial charge in [-0.25, -0.2) is 9.97 Å². The average Bonchev–Trinajstić information content (AvgIpc) is 2.62. The second-order valence-electron chi connectivity index (χ2n) is 5.47. The van der Waals surface area contributed by atoms with Crippen molar-refractivity contribution in [2.24, 2.45) is 0 Å². The second-order valence-corrected chi connectivity index (χ2v) is 5.47. The molecule has 2 N–H and O–H groups in total. The molecule has 2 heterocycles. The molecular formula is C17H20N4O2. The number of anilines is 1. The van der Waals surface area contributed by atoms with Crippen LogP contribution in [0.1, 0.15) is 12.8 Å². The number of ether oxygens (including phenoxy) is 1. The molecule has 0 saturated carbocycles. The smallest absolute Gasteiger partial charge is 0.250 e. The minimum absolute atomic E-state index is 0.0606. The fourth-order valence-corrected chi connectivity index (χ4v) is 2.48. The number of carbonyl (C=O) groups excluding carboxylic acids is 1. The van der Waals surface area contributed by atoms with Crippen LogP contribution in [0.2, 0.25) is 0 Å². The van der Waals surface area contributed by atoms with Gasteiger partial charge in [0.05, 0.1) is 24.2 Å². The third-order valence-electron chi connectivity index (χ3n) is 3.70. The molecule has 1 aliphatic rings. The van der Waals surface area contributed by atoms with Gasteiger partial charge in [-0.1, -0.05) is 30.3 Å². The van der Waals surface area contributed by atoms with Gasteiger partial charge >= 0.3 is 0 Å². The van der Waals surface area contributed by atoms with E-state index in [0.717, 1.165) is 31.5 Å². The monoisotopic (exact) mass is 312 g/mol. The molecule has 0 radical (unpaired) electrons. The molecule has 1 amide bonds. The zero-order chi connectivity index (χ0) is 15.9. The summed E-state index contributed by atoms with van der Waals surface area (Å²) in [6.45, 7) is 1.95. The van der Waals surface area contributed by atoms with Crippen LogP contribution >= 0.6 is 0 Å². The Bertz CT molecular complexity index is 625. The Hall–Kier alpha value is -2.31. The van der Waals surface area contributed by atoms with E-state index in [1.165, 1.54) is 0 Å². The predicted molar refractivity (Wildman–Crippen MR) is 87.9 cm³/mol. The Labute approximate surface area is 135 Å². The molecule has 1 fully saturated rings. The minimum atomic E-state index is -0.181. The van der Waals surface area contributed by atoms with Crippen LogP contribution in [0.4, 0.5) is 5.69 Å². The van der Waals surface area contributed by atoms with Crippen LogP contribution in [0.15, 0.2) is 42.7 Å². The van der Waals surface area contributed by atoms with Crippen LogP contribution in [-0.4, -0.2) is 41.7 Å². The summed E-state index contributed by atoms with van der Waals surface area (Å²) < 4.78 is 5.62. The summed E-state index contributed by atoms with van der Waals surface area (Å²) in [5.74, 6) is 0.453. The fourth-order valence-electron chi connectivity index (χ4n) is 2.48. The maximum atomic E-state index is 11.9. The number of piperidine rings is 1. The zero-order valence-corrected chi connectivity index (χ0v) is 12.9. The molecule has 0 unspecified atom stereocenters. The van der Waals surface area contributed by atoms with Crippen molar-refractivity contribution in [3.63, 3.8) is 0 Å². The van der Waals surface area contributed by atoms with E-state index >= 15 is 0 Å². The summed E-state index contributed by atoms with van der Waals surface area (Å²) in [4.78, 5) is 20.5. The maximum absolute atomic E-state index is 11.9. The van der Waals surface area contributed by atoms with E-state index in [0.29, 0.717) is 11.5 Å². The topological polar surface area (TPSA) is 76.1 Å². The van der Waals surface area contributed by atoms with E-state index in [4.69, 9.17) is 4.74 Å². The van der Waals surface area contributed by atoms with Gasteiger partial charge in [0.15, 0.2) is 5.82 Å². The molecule has 0 atom stereocenters. The van der Waals surface area contributed by atoms with Crippen molar-refractivity contribution in [1.82, 2.24) is 15.3 Å². The lowest BCUT2D eigenvalue weighted by Gasteiger charge is -2.22. The van der Waals surface area contributed by atoms with E-state index in [-0.39, 0.29) is 18.6 Å². The van der Waals surface area contributed by atoms with Gasteiger partial charge in [0.25, 0.3) is 0 Å². The molecule has 1 aliphatic heterocycles. The Morgan fingerprint density at radius 2 is 1.87 bits per heavy atom. The lowest BCUT2D eigenvalue weighted by atomic mass is 10.1. The number of aromatic nitrogens is 2.